The Morgan fingerprint density at radius 1 is 1.42 bits per heavy atom. The molecule has 5 nitrogen and oxygen atoms in total. The molecular weight excluding hydrogens is 267 g/mol. The van der Waals surface area contributed by atoms with Crippen LogP contribution < -0.4 is 11.1 Å². The number of thioether (sulfide) groups is 1. The summed E-state index contributed by atoms with van der Waals surface area (Å²) in [5.74, 6) is -0.517. The lowest BCUT2D eigenvalue weighted by Gasteiger charge is -2.06. The monoisotopic (exact) mass is 278 g/mol. The van der Waals surface area contributed by atoms with Crippen LogP contribution in [0.15, 0.2) is 41.8 Å². The average Bonchev–Trinajstić information content (AvgIpc) is 2.42. The number of nitrogen functional groups attached to an aromatic ring is 1. The van der Waals surface area contributed by atoms with Crippen LogP contribution in [-0.4, -0.2) is 21.6 Å². The van der Waals surface area contributed by atoms with Gasteiger partial charge >= 0.3 is 0 Å². The van der Waals surface area contributed by atoms with Crippen molar-refractivity contribution in [1.29, 1.82) is 0 Å². The third-order valence-corrected chi connectivity index (χ3v) is 3.13. The van der Waals surface area contributed by atoms with Crippen LogP contribution in [0.5, 0.6) is 0 Å². The zero-order chi connectivity index (χ0) is 13.7. The first-order valence-electron chi connectivity index (χ1n) is 5.39. The number of halogens is 1. The number of nitrogens with zero attached hydrogens (tertiary/aromatic N) is 2. The highest BCUT2D eigenvalue weighted by atomic mass is 32.2. The molecule has 3 N–H and O–H groups in total. The van der Waals surface area contributed by atoms with Crippen molar-refractivity contribution >= 4 is 29.0 Å². The average molecular weight is 278 g/mol. The molecule has 0 saturated carbocycles. The molecule has 1 aromatic heterocycles. The lowest BCUT2D eigenvalue weighted by Crippen LogP contribution is -2.14. The van der Waals surface area contributed by atoms with Gasteiger partial charge in [-0.3, -0.25) is 4.79 Å². The van der Waals surface area contributed by atoms with Crippen LogP contribution in [0.1, 0.15) is 0 Å². The van der Waals surface area contributed by atoms with Crippen LogP contribution >= 0.6 is 11.8 Å². The predicted molar refractivity (Wildman–Crippen MR) is 72.2 cm³/mol. The minimum atomic E-state index is -0.506. The van der Waals surface area contributed by atoms with Crippen LogP contribution in [-0.2, 0) is 4.79 Å². The highest BCUT2D eigenvalue weighted by Gasteiger charge is 2.06. The number of amides is 1. The quantitative estimate of drug-likeness (QED) is 0.507. The summed E-state index contributed by atoms with van der Waals surface area (Å²) in [6.07, 6.45) is 3.02. The Labute approximate surface area is 113 Å². The molecule has 0 saturated heterocycles. The third-order valence-electron chi connectivity index (χ3n) is 2.19. The van der Waals surface area contributed by atoms with Crippen molar-refractivity contribution in [2.75, 3.05) is 16.8 Å². The molecule has 7 heteroatoms. The molecule has 98 valence electrons. The molecule has 0 spiro atoms. The number of carbonyl (C=O) groups is 1. The first-order chi connectivity index (χ1) is 9.15. The van der Waals surface area contributed by atoms with E-state index in [1.807, 2.05) is 0 Å². The lowest BCUT2D eigenvalue weighted by atomic mass is 10.2. The van der Waals surface area contributed by atoms with Crippen molar-refractivity contribution in [2.45, 2.75) is 5.03 Å². The molecule has 0 unspecified atom stereocenters. The molecule has 19 heavy (non-hydrogen) atoms. The molecule has 2 rings (SSSR count). The van der Waals surface area contributed by atoms with E-state index in [2.05, 4.69) is 15.3 Å². The van der Waals surface area contributed by atoms with E-state index in [0.717, 1.165) is 0 Å². The van der Waals surface area contributed by atoms with Gasteiger partial charge in [-0.05, 0) is 24.3 Å². The number of nitrogens with one attached hydrogen (secondary N) is 1. The van der Waals surface area contributed by atoms with Gasteiger partial charge in [-0.1, -0.05) is 11.8 Å². The summed E-state index contributed by atoms with van der Waals surface area (Å²) in [4.78, 5) is 19.4. The Morgan fingerprint density at radius 2 is 2.26 bits per heavy atom. The summed E-state index contributed by atoms with van der Waals surface area (Å²) in [5.41, 5.74) is 5.88. The van der Waals surface area contributed by atoms with Crippen LogP contribution in [0.3, 0.4) is 0 Å². The maximum Gasteiger partial charge on any atom is 0.234 e. The predicted octanol–water partition coefficient (Wildman–Crippen LogP) is 1.93. The summed E-state index contributed by atoms with van der Waals surface area (Å²) in [6.45, 7) is 0. The van der Waals surface area contributed by atoms with E-state index in [0.29, 0.717) is 10.7 Å². The first-order valence-corrected chi connectivity index (χ1v) is 6.37. The van der Waals surface area contributed by atoms with Crippen LogP contribution in [0, 0.1) is 5.82 Å². The SMILES string of the molecule is Nc1cc(NC(=O)CSc2ccncn2)ccc1F. The smallest absolute Gasteiger partial charge is 0.234 e. The molecule has 1 amide bonds. The lowest BCUT2D eigenvalue weighted by molar-refractivity contribution is -0.113. The number of hydrogen-bond acceptors (Lipinski definition) is 5. The normalized spacial score (nSPS) is 10.2. The summed E-state index contributed by atoms with van der Waals surface area (Å²) in [6, 6.07) is 5.76. The Hall–Kier alpha value is -2.15. The molecular formula is C12H11FN4OS. The topological polar surface area (TPSA) is 80.9 Å². The number of aromatic nitrogens is 2. The molecule has 1 heterocycles. The Balaban J connectivity index is 1.89. The van der Waals surface area contributed by atoms with Gasteiger partial charge in [0.2, 0.25) is 5.91 Å². The van der Waals surface area contributed by atoms with Crippen LogP contribution in [0.2, 0.25) is 0 Å². The molecule has 0 aliphatic heterocycles. The van der Waals surface area contributed by atoms with E-state index < -0.39 is 5.82 Å². The van der Waals surface area contributed by atoms with Crippen molar-refractivity contribution in [3.63, 3.8) is 0 Å². The molecule has 0 aliphatic rings. The number of hydrogen-bond donors (Lipinski definition) is 2. The standard InChI is InChI=1S/C12H11FN4OS/c13-9-2-1-8(5-10(9)14)17-11(18)6-19-12-3-4-15-7-16-12/h1-5,7H,6,14H2,(H,17,18). The van der Waals surface area contributed by atoms with Crippen molar-refractivity contribution in [3.8, 4) is 0 Å². The van der Waals surface area contributed by atoms with Gasteiger partial charge in [0.1, 0.15) is 12.1 Å². The second-order valence-electron chi connectivity index (χ2n) is 3.62. The van der Waals surface area contributed by atoms with Gasteiger partial charge in [0.05, 0.1) is 16.5 Å². The second kappa shape index (κ2) is 6.14. The summed E-state index contributed by atoms with van der Waals surface area (Å²) >= 11 is 1.29. The minimum absolute atomic E-state index is 0.00116. The second-order valence-corrected chi connectivity index (χ2v) is 4.62. The molecule has 0 radical (unpaired) electrons. The van der Waals surface area contributed by atoms with Gasteiger partial charge in [0, 0.05) is 11.9 Å². The summed E-state index contributed by atoms with van der Waals surface area (Å²) in [5, 5.41) is 3.34. The molecule has 0 atom stereocenters. The molecule has 0 fully saturated rings. The zero-order valence-corrected chi connectivity index (χ0v) is 10.7. The van der Waals surface area contributed by atoms with E-state index >= 15 is 0 Å². The fourth-order valence-electron chi connectivity index (χ4n) is 1.32. The Morgan fingerprint density at radius 3 is 2.95 bits per heavy atom. The van der Waals surface area contributed by atoms with Crippen molar-refractivity contribution in [3.05, 3.63) is 42.6 Å². The minimum Gasteiger partial charge on any atom is -0.396 e. The summed E-state index contributed by atoms with van der Waals surface area (Å²) in [7, 11) is 0. The maximum atomic E-state index is 12.9. The van der Waals surface area contributed by atoms with Gasteiger partial charge in [-0.15, -0.1) is 0 Å². The molecule has 0 aliphatic carbocycles. The first kappa shape index (κ1) is 13.3. The van der Waals surface area contributed by atoms with Gasteiger partial charge < -0.3 is 11.1 Å². The number of anilines is 2. The van der Waals surface area contributed by atoms with Crippen LogP contribution in [0.25, 0.3) is 0 Å². The number of nitrogens with two attached hydrogens (primary N) is 1. The van der Waals surface area contributed by atoms with Gasteiger partial charge in [-0.25, -0.2) is 14.4 Å². The zero-order valence-electron chi connectivity index (χ0n) is 9.84. The number of carbonyl (C=O) groups excluding carboxylic acids is 1. The molecule has 1 aromatic carbocycles. The van der Waals surface area contributed by atoms with Crippen molar-refractivity contribution in [1.82, 2.24) is 9.97 Å². The largest absolute Gasteiger partial charge is 0.396 e. The fraction of sp³-hybridized carbons (Fsp3) is 0.0833. The maximum absolute atomic E-state index is 12.9. The van der Waals surface area contributed by atoms with Crippen molar-refractivity contribution in [2.24, 2.45) is 0 Å². The van der Waals surface area contributed by atoms with E-state index in [9.17, 15) is 9.18 Å². The number of benzene rings is 1. The third kappa shape index (κ3) is 3.92. The van der Waals surface area contributed by atoms with Gasteiger partial charge in [-0.2, -0.15) is 0 Å². The van der Waals surface area contributed by atoms with Gasteiger partial charge in [0.15, 0.2) is 0 Å². The summed E-state index contributed by atoms with van der Waals surface area (Å²) < 4.78 is 12.9. The van der Waals surface area contributed by atoms with E-state index in [4.69, 9.17) is 5.73 Å². The fourth-order valence-corrected chi connectivity index (χ4v) is 1.95. The van der Waals surface area contributed by atoms with E-state index in [1.165, 1.54) is 36.3 Å². The van der Waals surface area contributed by atoms with E-state index in [1.54, 1.807) is 12.3 Å². The number of rotatable bonds is 4. The van der Waals surface area contributed by atoms with Gasteiger partial charge in [0.25, 0.3) is 0 Å². The Kier molecular flexibility index (Phi) is 4.30. The highest BCUT2D eigenvalue weighted by molar-refractivity contribution is 7.99. The Bertz CT molecular complexity index is 579. The molecule has 0 bridgehead atoms. The van der Waals surface area contributed by atoms with Crippen molar-refractivity contribution < 1.29 is 9.18 Å². The van der Waals surface area contributed by atoms with E-state index in [-0.39, 0.29) is 17.3 Å². The molecule has 2 aromatic rings. The van der Waals surface area contributed by atoms with Crippen LogP contribution in [0.4, 0.5) is 15.8 Å². The highest BCUT2D eigenvalue weighted by Crippen LogP contribution is 2.18.